The summed E-state index contributed by atoms with van der Waals surface area (Å²) in [6.07, 6.45) is 0.796. The molecule has 3 N–H and O–H groups in total. The number of carbonyl (C=O) groups is 1. The molecular formula is C12H17NO4. The number of carboxylic acids is 1. The Morgan fingerprint density at radius 2 is 2.12 bits per heavy atom. The Morgan fingerprint density at radius 1 is 1.47 bits per heavy atom. The molecule has 17 heavy (non-hydrogen) atoms. The van der Waals surface area contributed by atoms with Gasteiger partial charge in [0.15, 0.2) is 11.5 Å². The van der Waals surface area contributed by atoms with Crippen LogP contribution in [-0.4, -0.2) is 24.3 Å². The van der Waals surface area contributed by atoms with Crippen molar-refractivity contribution in [3.8, 4) is 11.5 Å². The number of aromatic carboxylic acids is 1. The predicted molar refractivity (Wildman–Crippen MR) is 64.7 cm³/mol. The monoisotopic (exact) mass is 239 g/mol. The maximum absolute atomic E-state index is 11.0. The molecule has 1 unspecified atom stereocenters. The molecule has 0 saturated carbocycles. The van der Waals surface area contributed by atoms with Crippen LogP contribution in [-0.2, 0) is 0 Å². The van der Waals surface area contributed by atoms with Crippen molar-refractivity contribution in [1.82, 2.24) is 0 Å². The Hall–Kier alpha value is -1.91. The molecule has 0 aliphatic heterocycles. The fourth-order valence-corrected chi connectivity index (χ4v) is 1.31. The first-order valence-electron chi connectivity index (χ1n) is 5.37. The van der Waals surface area contributed by atoms with Crippen molar-refractivity contribution in [3.05, 3.63) is 17.7 Å². The van der Waals surface area contributed by atoms with Gasteiger partial charge in [-0.1, -0.05) is 6.92 Å². The van der Waals surface area contributed by atoms with Crippen molar-refractivity contribution in [2.45, 2.75) is 26.4 Å². The van der Waals surface area contributed by atoms with Crippen LogP contribution >= 0.6 is 0 Å². The van der Waals surface area contributed by atoms with E-state index in [1.54, 1.807) is 0 Å². The van der Waals surface area contributed by atoms with Crippen LogP contribution in [0.3, 0.4) is 0 Å². The molecule has 0 fully saturated rings. The molecule has 94 valence electrons. The average Bonchev–Trinajstić information content (AvgIpc) is 2.30. The number of anilines is 1. The highest BCUT2D eigenvalue weighted by molar-refractivity contribution is 5.94. The smallest absolute Gasteiger partial charge is 0.337 e. The summed E-state index contributed by atoms with van der Waals surface area (Å²) in [6, 6.07) is 2.85. The van der Waals surface area contributed by atoms with Crippen LogP contribution in [0, 0.1) is 0 Å². The summed E-state index contributed by atoms with van der Waals surface area (Å²) < 4.78 is 10.7. The summed E-state index contributed by atoms with van der Waals surface area (Å²) in [5.41, 5.74) is 5.79. The summed E-state index contributed by atoms with van der Waals surface area (Å²) in [5.74, 6) is -0.250. The van der Waals surface area contributed by atoms with E-state index in [-0.39, 0.29) is 17.4 Å². The lowest BCUT2D eigenvalue weighted by atomic mass is 10.1. The molecular weight excluding hydrogens is 222 g/mol. The van der Waals surface area contributed by atoms with Gasteiger partial charge in [-0.3, -0.25) is 0 Å². The van der Waals surface area contributed by atoms with E-state index >= 15 is 0 Å². The van der Waals surface area contributed by atoms with E-state index in [9.17, 15) is 4.79 Å². The lowest BCUT2D eigenvalue weighted by Crippen LogP contribution is -2.12. The number of hydrogen-bond acceptors (Lipinski definition) is 4. The molecule has 0 bridgehead atoms. The maximum Gasteiger partial charge on any atom is 0.337 e. The van der Waals surface area contributed by atoms with Gasteiger partial charge >= 0.3 is 5.97 Å². The summed E-state index contributed by atoms with van der Waals surface area (Å²) >= 11 is 0. The third kappa shape index (κ3) is 3.03. The second-order valence-corrected chi connectivity index (χ2v) is 3.73. The summed E-state index contributed by atoms with van der Waals surface area (Å²) in [4.78, 5) is 11.0. The van der Waals surface area contributed by atoms with Crippen molar-refractivity contribution in [2.24, 2.45) is 0 Å². The highest BCUT2D eigenvalue weighted by atomic mass is 16.5. The van der Waals surface area contributed by atoms with Crippen LogP contribution in [0.15, 0.2) is 12.1 Å². The highest BCUT2D eigenvalue weighted by Crippen LogP contribution is 2.33. The first kappa shape index (κ1) is 13.2. The third-order valence-corrected chi connectivity index (χ3v) is 2.47. The summed E-state index contributed by atoms with van der Waals surface area (Å²) in [5, 5.41) is 8.97. The predicted octanol–water partition coefficient (Wildman–Crippen LogP) is 2.15. The van der Waals surface area contributed by atoms with E-state index in [1.807, 2.05) is 13.8 Å². The molecule has 0 aliphatic rings. The molecule has 1 rings (SSSR count). The van der Waals surface area contributed by atoms with Crippen LogP contribution in [0.2, 0.25) is 0 Å². The van der Waals surface area contributed by atoms with Crippen LogP contribution in [0.1, 0.15) is 30.6 Å². The maximum atomic E-state index is 11.0. The number of rotatable bonds is 5. The first-order valence-corrected chi connectivity index (χ1v) is 5.37. The lowest BCUT2D eigenvalue weighted by molar-refractivity contribution is 0.0697. The number of nitrogen functional groups attached to an aromatic ring is 1. The van der Waals surface area contributed by atoms with Crippen LogP contribution in [0.5, 0.6) is 11.5 Å². The molecule has 0 aliphatic carbocycles. The zero-order valence-corrected chi connectivity index (χ0v) is 10.2. The fraction of sp³-hybridized carbons (Fsp3) is 0.417. The van der Waals surface area contributed by atoms with E-state index in [0.717, 1.165) is 6.42 Å². The van der Waals surface area contributed by atoms with Crippen LogP contribution < -0.4 is 15.2 Å². The van der Waals surface area contributed by atoms with Gasteiger partial charge in [-0.15, -0.1) is 0 Å². The number of ether oxygens (including phenoxy) is 2. The van der Waals surface area contributed by atoms with Gasteiger partial charge in [-0.25, -0.2) is 4.79 Å². The van der Waals surface area contributed by atoms with Gasteiger partial charge in [-0.2, -0.15) is 0 Å². The lowest BCUT2D eigenvalue weighted by Gasteiger charge is -2.16. The Labute approximate surface area is 100 Å². The molecule has 1 aromatic rings. The Morgan fingerprint density at radius 3 is 2.59 bits per heavy atom. The summed E-state index contributed by atoms with van der Waals surface area (Å²) in [6.45, 7) is 3.88. The number of methoxy groups -OCH3 is 1. The molecule has 0 spiro atoms. The molecule has 1 aromatic carbocycles. The van der Waals surface area contributed by atoms with Crippen molar-refractivity contribution in [2.75, 3.05) is 12.8 Å². The van der Waals surface area contributed by atoms with Gasteiger partial charge in [0.05, 0.1) is 24.5 Å². The highest BCUT2D eigenvalue weighted by Gasteiger charge is 2.15. The quantitative estimate of drug-likeness (QED) is 0.769. The second-order valence-electron chi connectivity index (χ2n) is 3.73. The molecule has 0 amide bonds. The number of benzene rings is 1. The van der Waals surface area contributed by atoms with E-state index in [4.69, 9.17) is 20.3 Å². The zero-order chi connectivity index (χ0) is 13.0. The Kier molecular flexibility index (Phi) is 4.20. The van der Waals surface area contributed by atoms with Crippen molar-refractivity contribution in [1.29, 1.82) is 0 Å². The molecule has 5 heteroatoms. The molecule has 0 aromatic heterocycles. The largest absolute Gasteiger partial charge is 0.493 e. The third-order valence-electron chi connectivity index (χ3n) is 2.47. The van der Waals surface area contributed by atoms with Crippen LogP contribution in [0.4, 0.5) is 5.69 Å². The Balaban J connectivity index is 3.17. The minimum Gasteiger partial charge on any atom is -0.493 e. The average molecular weight is 239 g/mol. The van der Waals surface area contributed by atoms with Gasteiger partial charge in [0.1, 0.15) is 0 Å². The molecule has 1 atom stereocenters. The molecule has 0 radical (unpaired) electrons. The fourth-order valence-electron chi connectivity index (χ4n) is 1.31. The van der Waals surface area contributed by atoms with Gasteiger partial charge in [-0.05, 0) is 13.3 Å². The number of hydrogen-bond donors (Lipinski definition) is 2. The minimum absolute atomic E-state index is 0.0177. The van der Waals surface area contributed by atoms with Crippen molar-refractivity contribution >= 4 is 11.7 Å². The van der Waals surface area contributed by atoms with Gasteiger partial charge in [0.2, 0.25) is 0 Å². The van der Waals surface area contributed by atoms with E-state index < -0.39 is 5.97 Å². The van der Waals surface area contributed by atoms with E-state index in [1.165, 1.54) is 19.2 Å². The van der Waals surface area contributed by atoms with Crippen LogP contribution in [0.25, 0.3) is 0 Å². The standard InChI is InChI=1S/C12H17NO4/c1-4-7(2)17-11-5-8(12(14)15)9(13)6-10(11)16-3/h5-7H,4,13H2,1-3H3,(H,14,15). The zero-order valence-electron chi connectivity index (χ0n) is 10.2. The van der Waals surface area contributed by atoms with E-state index in [0.29, 0.717) is 11.5 Å². The SMILES string of the molecule is CCC(C)Oc1cc(C(=O)O)c(N)cc1OC. The van der Waals surface area contributed by atoms with Gasteiger partial charge in [0, 0.05) is 12.1 Å². The molecule has 0 heterocycles. The van der Waals surface area contributed by atoms with Crippen molar-refractivity contribution < 1.29 is 19.4 Å². The molecule has 0 saturated heterocycles. The number of carboxylic acid groups (broad SMARTS) is 1. The minimum atomic E-state index is -1.08. The second kappa shape index (κ2) is 5.43. The molecule has 5 nitrogen and oxygen atoms in total. The normalized spacial score (nSPS) is 11.9. The first-order chi connectivity index (χ1) is 7.99. The van der Waals surface area contributed by atoms with Crippen molar-refractivity contribution in [3.63, 3.8) is 0 Å². The number of nitrogens with two attached hydrogens (primary N) is 1. The Bertz CT molecular complexity index is 417. The topological polar surface area (TPSA) is 81.8 Å². The van der Waals surface area contributed by atoms with Gasteiger partial charge in [0.25, 0.3) is 0 Å². The van der Waals surface area contributed by atoms with Gasteiger partial charge < -0.3 is 20.3 Å². The van der Waals surface area contributed by atoms with E-state index in [2.05, 4.69) is 0 Å². The summed E-state index contributed by atoms with van der Waals surface area (Å²) in [7, 11) is 1.48.